The molecule has 0 amide bonds. The number of hydrogen-bond donors (Lipinski definition) is 0. The average Bonchev–Trinajstić information content (AvgIpc) is 2.58. The molecular formula is C13H15NO2. The van der Waals surface area contributed by atoms with E-state index in [9.17, 15) is 4.79 Å². The maximum Gasteiger partial charge on any atom is 0.341 e. The third-order valence-corrected chi connectivity index (χ3v) is 3.90. The Labute approximate surface area is 94.8 Å². The first-order valence-corrected chi connectivity index (χ1v) is 5.89. The standard InChI is InChI=1S/C13H15NO2/c1-9-2-5-13(6-3-9)11-4-7-14-8-10(11)12(15)16-13/h4,7-9H,2-3,5-6H2,1H3. The van der Waals surface area contributed by atoms with Crippen LogP contribution in [0.4, 0.5) is 0 Å². The van der Waals surface area contributed by atoms with Gasteiger partial charge in [-0.2, -0.15) is 0 Å². The summed E-state index contributed by atoms with van der Waals surface area (Å²) in [7, 11) is 0. The summed E-state index contributed by atoms with van der Waals surface area (Å²) in [6.07, 6.45) is 7.56. The van der Waals surface area contributed by atoms with Gasteiger partial charge in [-0.25, -0.2) is 4.79 Å². The molecular weight excluding hydrogens is 202 g/mol. The Morgan fingerprint density at radius 1 is 1.44 bits per heavy atom. The zero-order chi connectivity index (χ0) is 11.2. The van der Waals surface area contributed by atoms with Crippen molar-refractivity contribution in [1.29, 1.82) is 0 Å². The number of hydrogen-bond acceptors (Lipinski definition) is 3. The van der Waals surface area contributed by atoms with Gasteiger partial charge < -0.3 is 4.74 Å². The van der Waals surface area contributed by atoms with Crippen LogP contribution in [0.3, 0.4) is 0 Å². The fourth-order valence-electron chi connectivity index (χ4n) is 2.84. The van der Waals surface area contributed by atoms with Crippen molar-refractivity contribution < 1.29 is 9.53 Å². The molecule has 84 valence electrons. The fraction of sp³-hybridized carbons (Fsp3) is 0.538. The number of carbonyl (C=O) groups is 1. The molecule has 3 nitrogen and oxygen atoms in total. The normalized spacial score (nSPS) is 32.6. The summed E-state index contributed by atoms with van der Waals surface area (Å²) in [5.74, 6) is 0.549. The first kappa shape index (κ1) is 9.82. The maximum atomic E-state index is 11.8. The van der Waals surface area contributed by atoms with Crippen molar-refractivity contribution in [2.75, 3.05) is 0 Å². The zero-order valence-corrected chi connectivity index (χ0v) is 9.40. The van der Waals surface area contributed by atoms with Gasteiger partial charge in [-0.1, -0.05) is 6.92 Å². The Balaban J connectivity index is 2.02. The molecule has 0 atom stereocenters. The van der Waals surface area contributed by atoms with E-state index in [0.717, 1.165) is 37.2 Å². The lowest BCUT2D eigenvalue weighted by Crippen LogP contribution is -2.31. The lowest BCUT2D eigenvalue weighted by Gasteiger charge is -2.35. The molecule has 1 fully saturated rings. The molecule has 2 heterocycles. The number of nitrogens with zero attached hydrogens (tertiary/aromatic N) is 1. The molecule has 1 spiro atoms. The second-order valence-corrected chi connectivity index (χ2v) is 4.99. The minimum atomic E-state index is -0.331. The lowest BCUT2D eigenvalue weighted by molar-refractivity contribution is -0.0346. The first-order chi connectivity index (χ1) is 7.71. The maximum absolute atomic E-state index is 11.8. The molecule has 0 bridgehead atoms. The summed E-state index contributed by atoms with van der Waals surface area (Å²) in [6.45, 7) is 2.26. The van der Waals surface area contributed by atoms with E-state index in [4.69, 9.17) is 4.74 Å². The minimum Gasteiger partial charge on any atom is -0.451 e. The van der Waals surface area contributed by atoms with Crippen LogP contribution in [-0.2, 0) is 10.3 Å². The minimum absolute atomic E-state index is 0.197. The van der Waals surface area contributed by atoms with Crippen LogP contribution < -0.4 is 0 Å². The summed E-state index contributed by atoms with van der Waals surface area (Å²) in [5, 5.41) is 0. The van der Waals surface area contributed by atoms with E-state index in [1.165, 1.54) is 0 Å². The lowest BCUT2D eigenvalue weighted by atomic mass is 9.76. The van der Waals surface area contributed by atoms with Gasteiger partial charge in [0.2, 0.25) is 0 Å². The fourth-order valence-corrected chi connectivity index (χ4v) is 2.84. The summed E-state index contributed by atoms with van der Waals surface area (Å²) < 4.78 is 5.63. The van der Waals surface area contributed by atoms with E-state index in [-0.39, 0.29) is 11.6 Å². The number of pyridine rings is 1. The second-order valence-electron chi connectivity index (χ2n) is 4.99. The van der Waals surface area contributed by atoms with Crippen molar-refractivity contribution in [2.24, 2.45) is 5.92 Å². The van der Waals surface area contributed by atoms with E-state index < -0.39 is 0 Å². The number of carbonyl (C=O) groups excluding carboxylic acids is 1. The molecule has 1 aromatic heterocycles. The molecule has 0 N–H and O–H groups in total. The Hall–Kier alpha value is -1.38. The van der Waals surface area contributed by atoms with Crippen molar-refractivity contribution in [3.05, 3.63) is 29.6 Å². The molecule has 3 heteroatoms. The van der Waals surface area contributed by atoms with Crippen LogP contribution in [0.2, 0.25) is 0 Å². The molecule has 3 rings (SSSR count). The Bertz CT molecular complexity index is 433. The molecule has 16 heavy (non-hydrogen) atoms. The number of ether oxygens (including phenoxy) is 1. The molecule has 1 saturated carbocycles. The van der Waals surface area contributed by atoms with Gasteiger partial charge in [0, 0.05) is 18.0 Å². The number of esters is 1. The third kappa shape index (κ3) is 1.27. The molecule has 0 saturated heterocycles. The van der Waals surface area contributed by atoms with Gasteiger partial charge in [0.1, 0.15) is 5.60 Å². The molecule has 1 aliphatic carbocycles. The average molecular weight is 217 g/mol. The summed E-state index contributed by atoms with van der Waals surface area (Å²) >= 11 is 0. The van der Waals surface area contributed by atoms with Gasteiger partial charge in [0.05, 0.1) is 5.56 Å². The van der Waals surface area contributed by atoms with Gasteiger partial charge >= 0.3 is 5.97 Å². The van der Waals surface area contributed by atoms with Gasteiger partial charge in [0.15, 0.2) is 0 Å². The number of rotatable bonds is 0. The van der Waals surface area contributed by atoms with Gasteiger partial charge in [-0.05, 0) is 37.7 Å². The monoisotopic (exact) mass is 217 g/mol. The molecule has 1 aromatic rings. The van der Waals surface area contributed by atoms with Gasteiger partial charge in [-0.3, -0.25) is 4.98 Å². The van der Waals surface area contributed by atoms with Crippen molar-refractivity contribution in [3.8, 4) is 0 Å². The Morgan fingerprint density at radius 3 is 2.94 bits per heavy atom. The molecule has 1 aliphatic heterocycles. The Kier molecular flexibility index (Phi) is 2.03. The van der Waals surface area contributed by atoms with E-state index in [0.29, 0.717) is 5.56 Å². The number of fused-ring (bicyclic) bond motifs is 2. The van der Waals surface area contributed by atoms with Gasteiger partial charge in [0.25, 0.3) is 0 Å². The van der Waals surface area contributed by atoms with Crippen LogP contribution in [0.1, 0.15) is 48.5 Å². The van der Waals surface area contributed by atoms with Crippen LogP contribution in [0.15, 0.2) is 18.5 Å². The van der Waals surface area contributed by atoms with Crippen LogP contribution in [0.5, 0.6) is 0 Å². The van der Waals surface area contributed by atoms with Crippen LogP contribution in [0.25, 0.3) is 0 Å². The molecule has 2 aliphatic rings. The van der Waals surface area contributed by atoms with E-state index in [1.807, 2.05) is 6.07 Å². The van der Waals surface area contributed by atoms with Crippen LogP contribution in [-0.4, -0.2) is 11.0 Å². The van der Waals surface area contributed by atoms with Crippen molar-refractivity contribution >= 4 is 5.97 Å². The zero-order valence-electron chi connectivity index (χ0n) is 9.40. The first-order valence-electron chi connectivity index (χ1n) is 5.89. The topological polar surface area (TPSA) is 39.2 Å². The van der Waals surface area contributed by atoms with Crippen molar-refractivity contribution in [1.82, 2.24) is 4.98 Å². The largest absolute Gasteiger partial charge is 0.451 e. The molecule has 0 unspecified atom stereocenters. The molecule has 0 radical (unpaired) electrons. The van der Waals surface area contributed by atoms with Gasteiger partial charge in [-0.15, -0.1) is 0 Å². The summed E-state index contributed by atoms with van der Waals surface area (Å²) in [4.78, 5) is 15.8. The third-order valence-electron chi connectivity index (χ3n) is 3.90. The molecule has 0 aromatic carbocycles. The van der Waals surface area contributed by atoms with E-state index in [1.54, 1.807) is 12.4 Å². The van der Waals surface area contributed by atoms with Crippen LogP contribution >= 0.6 is 0 Å². The SMILES string of the molecule is CC1CCC2(CC1)OC(=O)c1cnccc12. The summed E-state index contributed by atoms with van der Waals surface area (Å²) in [5.41, 5.74) is 1.39. The number of aromatic nitrogens is 1. The quantitative estimate of drug-likeness (QED) is 0.627. The highest BCUT2D eigenvalue weighted by Gasteiger charge is 2.46. The van der Waals surface area contributed by atoms with Crippen LogP contribution in [0, 0.1) is 5.92 Å². The van der Waals surface area contributed by atoms with E-state index in [2.05, 4.69) is 11.9 Å². The van der Waals surface area contributed by atoms with E-state index >= 15 is 0 Å². The smallest absolute Gasteiger partial charge is 0.341 e. The highest BCUT2D eigenvalue weighted by atomic mass is 16.6. The van der Waals surface area contributed by atoms with Crippen molar-refractivity contribution in [3.63, 3.8) is 0 Å². The highest BCUT2D eigenvalue weighted by molar-refractivity contribution is 5.94. The van der Waals surface area contributed by atoms with Crippen molar-refractivity contribution in [2.45, 2.75) is 38.2 Å². The summed E-state index contributed by atoms with van der Waals surface area (Å²) in [6, 6.07) is 1.94. The predicted octanol–water partition coefficient (Wildman–Crippen LogP) is 2.66. The second kappa shape index (κ2) is 3.30. The predicted molar refractivity (Wildman–Crippen MR) is 59.0 cm³/mol. The Morgan fingerprint density at radius 2 is 2.19 bits per heavy atom. The highest BCUT2D eigenvalue weighted by Crippen LogP contribution is 2.47.